The van der Waals surface area contributed by atoms with E-state index in [9.17, 15) is 0 Å². The Hall–Kier alpha value is -1.53. The molecule has 1 aliphatic heterocycles. The summed E-state index contributed by atoms with van der Waals surface area (Å²) in [6, 6.07) is 4.49. The third-order valence-corrected chi connectivity index (χ3v) is 4.40. The van der Waals surface area contributed by atoms with E-state index in [4.69, 9.17) is 0 Å². The molecule has 0 spiro atoms. The second kappa shape index (κ2) is 6.28. The molecule has 3 rings (SSSR count). The van der Waals surface area contributed by atoms with Crippen molar-refractivity contribution in [2.75, 3.05) is 18.0 Å². The molecule has 0 aromatic carbocycles. The lowest BCUT2D eigenvalue weighted by Crippen LogP contribution is -2.38. The van der Waals surface area contributed by atoms with Gasteiger partial charge in [-0.3, -0.25) is 0 Å². The Bertz CT molecular complexity index is 542. The molecule has 2 aromatic rings. The number of nitrogens with zero attached hydrogens (tertiary/aromatic N) is 4. The molecule has 1 fully saturated rings. The topological polar surface area (TPSA) is 53.9 Å². The van der Waals surface area contributed by atoms with E-state index < -0.39 is 0 Å². The summed E-state index contributed by atoms with van der Waals surface area (Å²) < 4.78 is 0. The molecule has 0 aliphatic carbocycles. The number of aromatic nitrogens is 3. The maximum atomic E-state index is 4.47. The van der Waals surface area contributed by atoms with Gasteiger partial charge in [0.2, 0.25) is 0 Å². The Kier molecular flexibility index (Phi) is 4.22. The molecule has 5 nitrogen and oxygen atoms in total. The number of anilines is 1. The number of aryl methyl sites for hydroxylation is 1. The molecule has 1 atom stereocenters. The molecule has 0 amide bonds. The Morgan fingerprint density at radius 3 is 3.20 bits per heavy atom. The molecule has 1 saturated heterocycles. The molecule has 0 bridgehead atoms. The first-order valence-corrected chi connectivity index (χ1v) is 7.87. The SMILES string of the molecule is Cc1nc(CNC[C@@H]2CCCN2c2cccnn2)cs1. The third-order valence-electron chi connectivity index (χ3n) is 3.58. The average molecular weight is 289 g/mol. The van der Waals surface area contributed by atoms with Crippen LogP contribution in [0.25, 0.3) is 0 Å². The van der Waals surface area contributed by atoms with E-state index in [2.05, 4.69) is 30.8 Å². The van der Waals surface area contributed by atoms with Gasteiger partial charge in [-0.1, -0.05) is 0 Å². The highest BCUT2D eigenvalue weighted by Gasteiger charge is 2.25. The van der Waals surface area contributed by atoms with E-state index in [1.54, 1.807) is 17.5 Å². The van der Waals surface area contributed by atoms with Crippen LogP contribution in [0.2, 0.25) is 0 Å². The fourth-order valence-electron chi connectivity index (χ4n) is 2.65. The Morgan fingerprint density at radius 2 is 2.45 bits per heavy atom. The van der Waals surface area contributed by atoms with Gasteiger partial charge >= 0.3 is 0 Å². The summed E-state index contributed by atoms with van der Waals surface area (Å²) in [6.45, 7) is 4.92. The lowest BCUT2D eigenvalue weighted by Gasteiger charge is -2.25. The van der Waals surface area contributed by atoms with Gasteiger partial charge in [0, 0.05) is 37.3 Å². The van der Waals surface area contributed by atoms with Gasteiger partial charge in [0.1, 0.15) is 0 Å². The predicted molar refractivity (Wildman–Crippen MR) is 81.0 cm³/mol. The minimum Gasteiger partial charge on any atom is -0.351 e. The first kappa shape index (κ1) is 13.5. The molecule has 3 heterocycles. The van der Waals surface area contributed by atoms with E-state index in [-0.39, 0.29) is 0 Å². The van der Waals surface area contributed by atoms with E-state index in [0.29, 0.717) is 6.04 Å². The lowest BCUT2D eigenvalue weighted by atomic mass is 10.2. The van der Waals surface area contributed by atoms with E-state index in [0.717, 1.165) is 36.2 Å². The van der Waals surface area contributed by atoms with Gasteiger partial charge in [0.05, 0.1) is 10.7 Å². The zero-order chi connectivity index (χ0) is 13.8. The monoisotopic (exact) mass is 289 g/mol. The van der Waals surface area contributed by atoms with Crippen LogP contribution in [0.4, 0.5) is 5.82 Å². The first-order chi connectivity index (χ1) is 9.83. The molecule has 2 aromatic heterocycles. The van der Waals surface area contributed by atoms with E-state index in [1.165, 1.54) is 12.8 Å². The average Bonchev–Trinajstić information content (AvgIpc) is 3.09. The summed E-state index contributed by atoms with van der Waals surface area (Å²) >= 11 is 1.70. The largest absolute Gasteiger partial charge is 0.351 e. The fraction of sp³-hybridized carbons (Fsp3) is 0.500. The van der Waals surface area contributed by atoms with Crippen molar-refractivity contribution in [3.63, 3.8) is 0 Å². The van der Waals surface area contributed by atoms with Crippen LogP contribution in [0.3, 0.4) is 0 Å². The summed E-state index contributed by atoms with van der Waals surface area (Å²) in [6.07, 6.45) is 4.15. The van der Waals surface area contributed by atoms with E-state index >= 15 is 0 Å². The van der Waals surface area contributed by atoms with Crippen LogP contribution < -0.4 is 10.2 Å². The van der Waals surface area contributed by atoms with Crippen molar-refractivity contribution in [1.82, 2.24) is 20.5 Å². The third kappa shape index (κ3) is 3.13. The Labute approximate surface area is 123 Å². The minimum absolute atomic E-state index is 0.506. The summed E-state index contributed by atoms with van der Waals surface area (Å²) in [5.41, 5.74) is 1.14. The number of hydrogen-bond donors (Lipinski definition) is 1. The molecule has 20 heavy (non-hydrogen) atoms. The summed E-state index contributed by atoms with van der Waals surface area (Å²) in [4.78, 5) is 6.83. The highest BCUT2D eigenvalue weighted by atomic mass is 32.1. The number of rotatable bonds is 5. The maximum Gasteiger partial charge on any atom is 0.151 e. The standard InChI is InChI=1S/C14H19N5S/c1-11-17-12(10-20-11)8-15-9-13-4-3-7-19(13)14-5-2-6-16-18-14/h2,5-6,10,13,15H,3-4,7-9H2,1H3/t13-/m0/s1. The van der Waals surface area contributed by atoms with Crippen LogP contribution in [-0.2, 0) is 6.54 Å². The summed E-state index contributed by atoms with van der Waals surface area (Å²) in [7, 11) is 0. The molecular weight excluding hydrogens is 270 g/mol. The van der Waals surface area contributed by atoms with Crippen molar-refractivity contribution in [1.29, 1.82) is 0 Å². The van der Waals surface area contributed by atoms with Crippen LogP contribution in [0, 0.1) is 6.92 Å². The Balaban J connectivity index is 1.54. The molecule has 1 aliphatic rings. The van der Waals surface area contributed by atoms with Crippen LogP contribution in [-0.4, -0.2) is 34.3 Å². The van der Waals surface area contributed by atoms with Crippen molar-refractivity contribution < 1.29 is 0 Å². The van der Waals surface area contributed by atoms with Crippen molar-refractivity contribution in [2.24, 2.45) is 0 Å². The van der Waals surface area contributed by atoms with Crippen LogP contribution >= 0.6 is 11.3 Å². The second-order valence-corrected chi connectivity index (χ2v) is 6.12. The minimum atomic E-state index is 0.506. The van der Waals surface area contributed by atoms with Gasteiger partial charge in [-0.2, -0.15) is 5.10 Å². The maximum absolute atomic E-state index is 4.47. The zero-order valence-electron chi connectivity index (χ0n) is 11.6. The van der Waals surface area contributed by atoms with Crippen molar-refractivity contribution >= 4 is 17.2 Å². The molecule has 106 valence electrons. The molecule has 0 saturated carbocycles. The molecule has 1 N–H and O–H groups in total. The number of thiazole rings is 1. The molecule has 0 unspecified atom stereocenters. The first-order valence-electron chi connectivity index (χ1n) is 6.99. The van der Waals surface area contributed by atoms with Crippen molar-refractivity contribution in [3.05, 3.63) is 34.4 Å². The quantitative estimate of drug-likeness (QED) is 0.912. The van der Waals surface area contributed by atoms with Crippen LogP contribution in [0.1, 0.15) is 23.5 Å². The van der Waals surface area contributed by atoms with Gasteiger partial charge < -0.3 is 10.2 Å². The van der Waals surface area contributed by atoms with Crippen molar-refractivity contribution in [2.45, 2.75) is 32.4 Å². The summed E-state index contributed by atoms with van der Waals surface area (Å²) in [5, 5.41) is 15.0. The number of nitrogens with one attached hydrogen (secondary N) is 1. The van der Waals surface area contributed by atoms with Gasteiger partial charge in [0.15, 0.2) is 5.82 Å². The zero-order valence-corrected chi connectivity index (χ0v) is 12.4. The number of hydrogen-bond acceptors (Lipinski definition) is 6. The highest BCUT2D eigenvalue weighted by molar-refractivity contribution is 7.09. The smallest absolute Gasteiger partial charge is 0.151 e. The van der Waals surface area contributed by atoms with Crippen LogP contribution in [0.5, 0.6) is 0 Å². The van der Waals surface area contributed by atoms with Gasteiger partial charge in [-0.05, 0) is 31.9 Å². The molecular formula is C14H19N5S. The summed E-state index contributed by atoms with van der Waals surface area (Å²) in [5.74, 6) is 0.987. The van der Waals surface area contributed by atoms with Gasteiger partial charge in [0.25, 0.3) is 0 Å². The normalized spacial score (nSPS) is 18.6. The Morgan fingerprint density at radius 1 is 1.50 bits per heavy atom. The lowest BCUT2D eigenvalue weighted by molar-refractivity contribution is 0.566. The predicted octanol–water partition coefficient (Wildman–Crippen LogP) is 2.00. The molecule has 0 radical (unpaired) electrons. The van der Waals surface area contributed by atoms with E-state index in [1.807, 2.05) is 19.1 Å². The fourth-order valence-corrected chi connectivity index (χ4v) is 3.26. The van der Waals surface area contributed by atoms with Crippen LogP contribution in [0.15, 0.2) is 23.7 Å². The van der Waals surface area contributed by atoms with Gasteiger partial charge in [-0.25, -0.2) is 4.98 Å². The molecule has 6 heteroatoms. The highest BCUT2D eigenvalue weighted by Crippen LogP contribution is 2.22. The second-order valence-electron chi connectivity index (χ2n) is 5.06. The van der Waals surface area contributed by atoms with Gasteiger partial charge in [-0.15, -0.1) is 16.4 Å². The van der Waals surface area contributed by atoms with Crippen molar-refractivity contribution in [3.8, 4) is 0 Å².